The standard InChI is InChI=1S/C11H17NOS/c1-9(11-3-2-5-13-11)12-7-10-4-6-14-8-10/h2-3,5,9-10,12H,4,6-8H2,1H3/t9-,10?/m0/s1. The first kappa shape index (κ1) is 10.1. The summed E-state index contributed by atoms with van der Waals surface area (Å²) >= 11 is 2.07. The van der Waals surface area contributed by atoms with Gasteiger partial charge in [0.25, 0.3) is 0 Å². The van der Waals surface area contributed by atoms with Gasteiger partial charge in [0.1, 0.15) is 5.76 Å². The number of furan rings is 1. The summed E-state index contributed by atoms with van der Waals surface area (Å²) in [5.74, 6) is 4.55. The van der Waals surface area contributed by atoms with Crippen LogP contribution in [-0.4, -0.2) is 18.1 Å². The van der Waals surface area contributed by atoms with E-state index in [0.29, 0.717) is 6.04 Å². The van der Waals surface area contributed by atoms with Gasteiger partial charge in [0.2, 0.25) is 0 Å². The molecular weight excluding hydrogens is 194 g/mol. The van der Waals surface area contributed by atoms with E-state index in [1.807, 2.05) is 12.1 Å². The van der Waals surface area contributed by atoms with Crippen molar-refractivity contribution in [1.29, 1.82) is 0 Å². The summed E-state index contributed by atoms with van der Waals surface area (Å²) in [5, 5.41) is 3.52. The molecule has 2 atom stereocenters. The molecule has 0 aliphatic carbocycles. The molecule has 0 saturated carbocycles. The van der Waals surface area contributed by atoms with Crippen LogP contribution in [0, 0.1) is 5.92 Å². The molecule has 1 aliphatic heterocycles. The van der Waals surface area contributed by atoms with Crippen molar-refractivity contribution in [3.8, 4) is 0 Å². The SMILES string of the molecule is C[C@H](NCC1CCSC1)c1ccco1. The Morgan fingerprint density at radius 2 is 2.64 bits per heavy atom. The molecule has 1 unspecified atom stereocenters. The average molecular weight is 211 g/mol. The van der Waals surface area contributed by atoms with Gasteiger partial charge in [-0.2, -0.15) is 11.8 Å². The smallest absolute Gasteiger partial charge is 0.120 e. The predicted molar refractivity (Wildman–Crippen MR) is 60.6 cm³/mol. The van der Waals surface area contributed by atoms with Gasteiger partial charge in [-0.3, -0.25) is 0 Å². The molecule has 2 rings (SSSR count). The van der Waals surface area contributed by atoms with Crippen LogP contribution in [0.1, 0.15) is 25.1 Å². The fraction of sp³-hybridized carbons (Fsp3) is 0.636. The van der Waals surface area contributed by atoms with E-state index in [1.165, 1.54) is 17.9 Å². The van der Waals surface area contributed by atoms with E-state index in [4.69, 9.17) is 4.42 Å². The number of hydrogen-bond donors (Lipinski definition) is 1. The van der Waals surface area contributed by atoms with Gasteiger partial charge in [-0.15, -0.1) is 0 Å². The molecule has 0 bridgehead atoms. The zero-order chi connectivity index (χ0) is 9.80. The molecule has 78 valence electrons. The Kier molecular flexibility index (Phi) is 3.54. The van der Waals surface area contributed by atoms with E-state index in [2.05, 4.69) is 24.0 Å². The van der Waals surface area contributed by atoms with Crippen molar-refractivity contribution in [1.82, 2.24) is 5.32 Å². The number of rotatable bonds is 4. The van der Waals surface area contributed by atoms with E-state index in [9.17, 15) is 0 Å². The Hall–Kier alpha value is -0.410. The molecule has 1 aromatic heterocycles. The number of nitrogens with one attached hydrogen (secondary N) is 1. The minimum Gasteiger partial charge on any atom is -0.468 e. The second kappa shape index (κ2) is 4.89. The molecule has 2 nitrogen and oxygen atoms in total. The van der Waals surface area contributed by atoms with Crippen LogP contribution in [-0.2, 0) is 0 Å². The third-order valence-corrected chi connectivity index (χ3v) is 3.94. The van der Waals surface area contributed by atoms with Crippen molar-refractivity contribution in [3.05, 3.63) is 24.2 Å². The van der Waals surface area contributed by atoms with Crippen molar-refractivity contribution in [3.63, 3.8) is 0 Å². The van der Waals surface area contributed by atoms with Gasteiger partial charge in [-0.05, 0) is 49.4 Å². The maximum atomic E-state index is 5.34. The highest BCUT2D eigenvalue weighted by molar-refractivity contribution is 7.99. The summed E-state index contributed by atoms with van der Waals surface area (Å²) < 4.78 is 5.34. The van der Waals surface area contributed by atoms with Gasteiger partial charge in [-0.1, -0.05) is 0 Å². The van der Waals surface area contributed by atoms with E-state index >= 15 is 0 Å². The minimum atomic E-state index is 0.343. The normalized spacial score (nSPS) is 23.9. The largest absolute Gasteiger partial charge is 0.468 e. The van der Waals surface area contributed by atoms with Gasteiger partial charge in [-0.25, -0.2) is 0 Å². The molecular formula is C11H17NOS. The third-order valence-electron chi connectivity index (χ3n) is 2.71. The summed E-state index contributed by atoms with van der Waals surface area (Å²) in [6, 6.07) is 4.32. The Balaban J connectivity index is 1.74. The van der Waals surface area contributed by atoms with Crippen LogP contribution in [0.3, 0.4) is 0 Å². The highest BCUT2D eigenvalue weighted by Crippen LogP contribution is 2.23. The van der Waals surface area contributed by atoms with E-state index < -0.39 is 0 Å². The maximum absolute atomic E-state index is 5.34. The maximum Gasteiger partial charge on any atom is 0.120 e. The van der Waals surface area contributed by atoms with Gasteiger partial charge in [0.05, 0.1) is 12.3 Å². The predicted octanol–water partition coefficient (Wildman–Crippen LogP) is 2.68. The summed E-state index contributed by atoms with van der Waals surface area (Å²) in [6.07, 6.45) is 3.10. The van der Waals surface area contributed by atoms with Gasteiger partial charge in [0, 0.05) is 0 Å². The first-order valence-corrected chi connectivity index (χ1v) is 6.36. The number of thioether (sulfide) groups is 1. The van der Waals surface area contributed by atoms with Crippen LogP contribution in [0.25, 0.3) is 0 Å². The third kappa shape index (κ3) is 2.55. The van der Waals surface area contributed by atoms with E-state index in [1.54, 1.807) is 6.26 Å². The van der Waals surface area contributed by atoms with E-state index in [-0.39, 0.29) is 0 Å². The van der Waals surface area contributed by atoms with Gasteiger partial charge < -0.3 is 9.73 Å². The van der Waals surface area contributed by atoms with Crippen LogP contribution >= 0.6 is 11.8 Å². The molecule has 0 spiro atoms. The zero-order valence-corrected chi connectivity index (χ0v) is 9.35. The van der Waals surface area contributed by atoms with E-state index in [0.717, 1.165) is 18.2 Å². The Bertz CT molecular complexity index is 254. The van der Waals surface area contributed by atoms with Crippen LogP contribution in [0.4, 0.5) is 0 Å². The van der Waals surface area contributed by atoms with Crippen molar-refractivity contribution in [2.24, 2.45) is 5.92 Å². The fourth-order valence-electron chi connectivity index (χ4n) is 1.73. The lowest BCUT2D eigenvalue weighted by Gasteiger charge is -2.14. The highest BCUT2D eigenvalue weighted by atomic mass is 32.2. The van der Waals surface area contributed by atoms with Crippen LogP contribution in [0.2, 0.25) is 0 Å². The average Bonchev–Trinajstić information content (AvgIpc) is 2.87. The lowest BCUT2D eigenvalue weighted by Crippen LogP contribution is -2.25. The van der Waals surface area contributed by atoms with Gasteiger partial charge >= 0.3 is 0 Å². The monoisotopic (exact) mass is 211 g/mol. The molecule has 3 heteroatoms. The Morgan fingerprint density at radius 3 is 3.29 bits per heavy atom. The van der Waals surface area contributed by atoms with Crippen LogP contribution in [0.15, 0.2) is 22.8 Å². The molecule has 1 aromatic rings. The van der Waals surface area contributed by atoms with Crippen molar-refractivity contribution in [2.45, 2.75) is 19.4 Å². The summed E-state index contributed by atoms with van der Waals surface area (Å²) in [7, 11) is 0. The number of hydrogen-bond acceptors (Lipinski definition) is 3. The molecule has 0 radical (unpaired) electrons. The molecule has 1 N–H and O–H groups in total. The fourth-order valence-corrected chi connectivity index (χ4v) is 3.01. The van der Waals surface area contributed by atoms with Crippen LogP contribution < -0.4 is 5.32 Å². The zero-order valence-electron chi connectivity index (χ0n) is 8.53. The Morgan fingerprint density at radius 1 is 1.71 bits per heavy atom. The lowest BCUT2D eigenvalue weighted by atomic mass is 10.1. The molecule has 2 heterocycles. The molecule has 14 heavy (non-hydrogen) atoms. The molecule has 1 aliphatic rings. The first-order chi connectivity index (χ1) is 6.86. The second-order valence-corrected chi connectivity index (χ2v) is 5.02. The quantitative estimate of drug-likeness (QED) is 0.829. The van der Waals surface area contributed by atoms with Crippen molar-refractivity contribution >= 4 is 11.8 Å². The molecule has 1 fully saturated rings. The van der Waals surface area contributed by atoms with Crippen molar-refractivity contribution in [2.75, 3.05) is 18.1 Å². The molecule has 1 saturated heterocycles. The minimum absolute atomic E-state index is 0.343. The van der Waals surface area contributed by atoms with Crippen molar-refractivity contribution < 1.29 is 4.42 Å². The summed E-state index contributed by atoms with van der Waals surface area (Å²) in [5.41, 5.74) is 0. The first-order valence-electron chi connectivity index (χ1n) is 5.21. The highest BCUT2D eigenvalue weighted by Gasteiger charge is 2.16. The lowest BCUT2D eigenvalue weighted by molar-refractivity contribution is 0.406. The van der Waals surface area contributed by atoms with Gasteiger partial charge in [0.15, 0.2) is 0 Å². The van der Waals surface area contributed by atoms with Crippen LogP contribution in [0.5, 0.6) is 0 Å². The summed E-state index contributed by atoms with van der Waals surface area (Å²) in [6.45, 7) is 3.27. The topological polar surface area (TPSA) is 25.2 Å². The Labute approximate surface area is 89.4 Å². The summed E-state index contributed by atoms with van der Waals surface area (Å²) in [4.78, 5) is 0. The molecule has 0 aromatic carbocycles. The second-order valence-electron chi connectivity index (χ2n) is 3.87. The molecule has 0 amide bonds.